The molecule has 0 unspecified atom stereocenters. The molecular formula is C13H19BrN2O. The van der Waals surface area contributed by atoms with E-state index in [2.05, 4.69) is 21.2 Å². The molecule has 1 aromatic carbocycles. The fourth-order valence-corrected chi connectivity index (χ4v) is 2.71. The van der Waals surface area contributed by atoms with E-state index in [0.717, 1.165) is 41.5 Å². The SMILES string of the molecule is COC1CCC(Nc2ccc(Br)cc2N)CC1. The first-order valence-corrected chi connectivity index (χ1v) is 6.82. The van der Waals surface area contributed by atoms with E-state index in [4.69, 9.17) is 10.5 Å². The average molecular weight is 299 g/mol. The molecule has 94 valence electrons. The number of hydrogen-bond acceptors (Lipinski definition) is 3. The third kappa shape index (κ3) is 3.36. The summed E-state index contributed by atoms with van der Waals surface area (Å²) in [5.74, 6) is 0. The summed E-state index contributed by atoms with van der Waals surface area (Å²) >= 11 is 3.41. The maximum absolute atomic E-state index is 5.97. The quantitative estimate of drug-likeness (QED) is 0.841. The van der Waals surface area contributed by atoms with Gasteiger partial charge in [-0.05, 0) is 43.9 Å². The van der Waals surface area contributed by atoms with Crippen LogP contribution in [0.3, 0.4) is 0 Å². The highest BCUT2D eigenvalue weighted by Crippen LogP contribution is 2.28. The van der Waals surface area contributed by atoms with E-state index in [1.54, 1.807) is 7.11 Å². The van der Waals surface area contributed by atoms with E-state index in [1.807, 2.05) is 18.2 Å². The molecule has 0 heterocycles. The summed E-state index contributed by atoms with van der Waals surface area (Å²) in [5.41, 5.74) is 7.81. The summed E-state index contributed by atoms with van der Waals surface area (Å²) in [6.45, 7) is 0. The van der Waals surface area contributed by atoms with Crippen LogP contribution in [0.2, 0.25) is 0 Å². The molecule has 2 rings (SSSR count). The Morgan fingerprint density at radius 3 is 2.59 bits per heavy atom. The van der Waals surface area contributed by atoms with Gasteiger partial charge in [0.1, 0.15) is 0 Å². The number of hydrogen-bond donors (Lipinski definition) is 2. The van der Waals surface area contributed by atoms with Crippen molar-refractivity contribution >= 4 is 27.3 Å². The molecule has 1 aliphatic rings. The van der Waals surface area contributed by atoms with Crippen LogP contribution in [0.25, 0.3) is 0 Å². The van der Waals surface area contributed by atoms with E-state index in [9.17, 15) is 0 Å². The van der Waals surface area contributed by atoms with Gasteiger partial charge < -0.3 is 15.8 Å². The Morgan fingerprint density at radius 2 is 2.00 bits per heavy atom. The molecule has 1 aromatic rings. The Balaban J connectivity index is 1.93. The van der Waals surface area contributed by atoms with Crippen molar-refractivity contribution in [2.75, 3.05) is 18.2 Å². The van der Waals surface area contributed by atoms with Crippen molar-refractivity contribution in [1.82, 2.24) is 0 Å². The Kier molecular flexibility index (Phi) is 4.29. The number of rotatable bonds is 3. The van der Waals surface area contributed by atoms with Crippen LogP contribution in [0.5, 0.6) is 0 Å². The minimum Gasteiger partial charge on any atom is -0.397 e. The number of halogens is 1. The van der Waals surface area contributed by atoms with Crippen molar-refractivity contribution in [3.05, 3.63) is 22.7 Å². The number of nitrogens with two attached hydrogens (primary N) is 1. The van der Waals surface area contributed by atoms with Gasteiger partial charge in [0, 0.05) is 17.6 Å². The highest BCUT2D eigenvalue weighted by atomic mass is 79.9. The number of nitrogen functional groups attached to an aromatic ring is 1. The first-order valence-electron chi connectivity index (χ1n) is 6.03. The largest absolute Gasteiger partial charge is 0.397 e. The molecule has 1 fully saturated rings. The van der Waals surface area contributed by atoms with Crippen molar-refractivity contribution in [2.45, 2.75) is 37.8 Å². The van der Waals surface area contributed by atoms with Gasteiger partial charge in [-0.25, -0.2) is 0 Å². The molecule has 0 saturated heterocycles. The Labute approximate surface area is 111 Å². The van der Waals surface area contributed by atoms with Gasteiger partial charge in [0.05, 0.1) is 17.5 Å². The van der Waals surface area contributed by atoms with Crippen LogP contribution < -0.4 is 11.1 Å². The first-order chi connectivity index (χ1) is 8.19. The summed E-state index contributed by atoms with van der Waals surface area (Å²) in [7, 11) is 1.80. The molecule has 3 nitrogen and oxygen atoms in total. The van der Waals surface area contributed by atoms with Crippen LogP contribution in [0.4, 0.5) is 11.4 Å². The monoisotopic (exact) mass is 298 g/mol. The second-order valence-corrected chi connectivity index (χ2v) is 5.50. The number of ether oxygens (including phenoxy) is 1. The molecule has 17 heavy (non-hydrogen) atoms. The Bertz CT molecular complexity index is 376. The number of benzene rings is 1. The van der Waals surface area contributed by atoms with E-state index < -0.39 is 0 Å². The second kappa shape index (κ2) is 5.74. The van der Waals surface area contributed by atoms with Gasteiger partial charge in [-0.15, -0.1) is 0 Å². The van der Waals surface area contributed by atoms with Crippen LogP contribution >= 0.6 is 15.9 Å². The lowest BCUT2D eigenvalue weighted by Gasteiger charge is -2.29. The smallest absolute Gasteiger partial charge is 0.0576 e. The van der Waals surface area contributed by atoms with Crippen LogP contribution in [-0.4, -0.2) is 19.3 Å². The predicted octanol–water partition coefficient (Wildman–Crippen LogP) is 3.40. The van der Waals surface area contributed by atoms with Gasteiger partial charge in [0.15, 0.2) is 0 Å². The fraction of sp³-hybridized carbons (Fsp3) is 0.538. The Morgan fingerprint density at radius 1 is 1.29 bits per heavy atom. The molecule has 0 bridgehead atoms. The molecule has 1 saturated carbocycles. The molecule has 0 aliphatic heterocycles. The highest BCUT2D eigenvalue weighted by Gasteiger charge is 2.20. The summed E-state index contributed by atoms with van der Waals surface area (Å²) in [5, 5.41) is 3.52. The van der Waals surface area contributed by atoms with E-state index in [-0.39, 0.29) is 0 Å². The average Bonchev–Trinajstić information content (AvgIpc) is 2.34. The second-order valence-electron chi connectivity index (χ2n) is 4.59. The van der Waals surface area contributed by atoms with Crippen LogP contribution in [0.1, 0.15) is 25.7 Å². The summed E-state index contributed by atoms with van der Waals surface area (Å²) in [4.78, 5) is 0. The summed E-state index contributed by atoms with van der Waals surface area (Å²) < 4.78 is 6.39. The fourth-order valence-electron chi connectivity index (χ4n) is 2.33. The lowest BCUT2D eigenvalue weighted by molar-refractivity contribution is 0.0682. The molecule has 0 radical (unpaired) electrons. The van der Waals surface area contributed by atoms with Crippen LogP contribution in [0.15, 0.2) is 22.7 Å². The van der Waals surface area contributed by atoms with Gasteiger partial charge in [-0.1, -0.05) is 15.9 Å². The molecule has 0 spiro atoms. The lowest BCUT2D eigenvalue weighted by atomic mass is 9.93. The van der Waals surface area contributed by atoms with Crippen molar-refractivity contribution in [3.8, 4) is 0 Å². The van der Waals surface area contributed by atoms with Gasteiger partial charge in [0.2, 0.25) is 0 Å². The predicted molar refractivity (Wildman–Crippen MR) is 75.2 cm³/mol. The zero-order chi connectivity index (χ0) is 12.3. The molecule has 3 N–H and O–H groups in total. The topological polar surface area (TPSA) is 47.3 Å². The van der Waals surface area contributed by atoms with Crippen molar-refractivity contribution in [2.24, 2.45) is 0 Å². The molecule has 0 aromatic heterocycles. The van der Waals surface area contributed by atoms with Crippen LogP contribution in [-0.2, 0) is 4.74 Å². The molecule has 1 aliphatic carbocycles. The van der Waals surface area contributed by atoms with Crippen molar-refractivity contribution < 1.29 is 4.74 Å². The van der Waals surface area contributed by atoms with E-state index >= 15 is 0 Å². The zero-order valence-corrected chi connectivity index (χ0v) is 11.7. The third-order valence-corrected chi connectivity index (χ3v) is 3.87. The van der Waals surface area contributed by atoms with E-state index in [1.165, 1.54) is 0 Å². The first kappa shape index (κ1) is 12.7. The maximum Gasteiger partial charge on any atom is 0.0576 e. The summed E-state index contributed by atoms with van der Waals surface area (Å²) in [6.07, 6.45) is 4.99. The van der Waals surface area contributed by atoms with Gasteiger partial charge in [-0.3, -0.25) is 0 Å². The molecule has 0 atom stereocenters. The number of methoxy groups -OCH3 is 1. The van der Waals surface area contributed by atoms with Gasteiger partial charge in [0.25, 0.3) is 0 Å². The lowest BCUT2D eigenvalue weighted by Crippen LogP contribution is -2.29. The zero-order valence-electron chi connectivity index (χ0n) is 10.1. The van der Waals surface area contributed by atoms with Gasteiger partial charge in [-0.2, -0.15) is 0 Å². The van der Waals surface area contributed by atoms with E-state index in [0.29, 0.717) is 12.1 Å². The molecule has 0 amide bonds. The minimum atomic E-state index is 0.440. The third-order valence-electron chi connectivity index (χ3n) is 3.38. The maximum atomic E-state index is 5.97. The van der Waals surface area contributed by atoms with Crippen LogP contribution in [0, 0.1) is 0 Å². The standard InChI is InChI=1S/C13H19BrN2O/c1-17-11-5-3-10(4-6-11)16-13-7-2-9(14)8-12(13)15/h2,7-8,10-11,16H,3-6,15H2,1H3. The summed E-state index contributed by atoms with van der Waals surface area (Å²) in [6, 6.07) is 6.50. The van der Waals surface area contributed by atoms with Crippen molar-refractivity contribution in [3.63, 3.8) is 0 Å². The molecular weight excluding hydrogens is 280 g/mol. The minimum absolute atomic E-state index is 0.440. The van der Waals surface area contributed by atoms with Crippen molar-refractivity contribution in [1.29, 1.82) is 0 Å². The highest BCUT2D eigenvalue weighted by molar-refractivity contribution is 9.10. The number of nitrogens with one attached hydrogen (secondary N) is 1. The Hall–Kier alpha value is -0.740. The normalized spacial score (nSPS) is 24.6. The number of anilines is 2. The van der Waals surface area contributed by atoms with Gasteiger partial charge >= 0.3 is 0 Å². The molecule has 4 heteroatoms.